The largest absolute Gasteiger partial charge is 0.282 e. The van der Waals surface area contributed by atoms with Crippen molar-refractivity contribution in [1.82, 2.24) is 5.43 Å². The van der Waals surface area contributed by atoms with Gasteiger partial charge in [0.25, 0.3) is 11.6 Å². The summed E-state index contributed by atoms with van der Waals surface area (Å²) in [6.45, 7) is 0. The van der Waals surface area contributed by atoms with Crippen LogP contribution in [-0.4, -0.2) is 17.0 Å². The highest BCUT2D eigenvalue weighted by Crippen LogP contribution is 2.17. The normalized spacial score (nSPS) is 10.5. The van der Waals surface area contributed by atoms with E-state index in [-0.39, 0.29) is 11.3 Å². The van der Waals surface area contributed by atoms with Crippen molar-refractivity contribution in [3.8, 4) is 0 Å². The Morgan fingerprint density at radius 1 is 1.32 bits per heavy atom. The Morgan fingerprint density at radius 3 is 2.79 bits per heavy atom. The van der Waals surface area contributed by atoms with E-state index in [4.69, 9.17) is 0 Å². The Bertz CT molecular complexity index is 623. The maximum absolute atomic E-state index is 11.8. The zero-order valence-corrected chi connectivity index (χ0v) is 10.5. The highest BCUT2D eigenvalue weighted by molar-refractivity contribution is 7.11. The minimum Gasteiger partial charge on any atom is -0.267 e. The molecule has 0 aliphatic rings. The summed E-state index contributed by atoms with van der Waals surface area (Å²) < 4.78 is 0. The number of hydrogen-bond acceptors (Lipinski definition) is 5. The fourth-order valence-corrected chi connectivity index (χ4v) is 1.99. The van der Waals surface area contributed by atoms with Crippen molar-refractivity contribution in [2.24, 2.45) is 5.10 Å². The second-order valence-corrected chi connectivity index (χ2v) is 4.47. The van der Waals surface area contributed by atoms with E-state index in [9.17, 15) is 14.9 Å². The van der Waals surface area contributed by atoms with Gasteiger partial charge in [-0.3, -0.25) is 14.9 Å². The average Bonchev–Trinajstić information content (AvgIpc) is 2.91. The molecule has 2 aromatic rings. The lowest BCUT2D eigenvalue weighted by Crippen LogP contribution is -2.18. The summed E-state index contributed by atoms with van der Waals surface area (Å²) in [6, 6.07) is 9.42. The first-order chi connectivity index (χ1) is 9.18. The molecule has 96 valence electrons. The van der Waals surface area contributed by atoms with Gasteiger partial charge in [-0.2, -0.15) is 5.10 Å². The molecule has 1 aromatic heterocycles. The lowest BCUT2D eigenvalue weighted by molar-refractivity contribution is -0.385. The fourth-order valence-electron chi connectivity index (χ4n) is 1.40. The number of amides is 1. The van der Waals surface area contributed by atoms with Crippen molar-refractivity contribution in [2.45, 2.75) is 0 Å². The quantitative estimate of drug-likeness (QED) is 0.528. The Labute approximate surface area is 112 Å². The Kier molecular flexibility index (Phi) is 3.99. The summed E-state index contributed by atoms with van der Waals surface area (Å²) >= 11 is 1.47. The fraction of sp³-hybridized carbons (Fsp3) is 0. The SMILES string of the molecule is O=C(N/N=C\c1cccs1)c1ccccc1[N+](=O)[O-]. The van der Waals surface area contributed by atoms with E-state index in [0.717, 1.165) is 4.88 Å². The number of nitrogens with zero attached hydrogens (tertiary/aromatic N) is 2. The molecule has 0 saturated carbocycles. The lowest BCUT2D eigenvalue weighted by Gasteiger charge is -2.00. The molecule has 0 bridgehead atoms. The number of nitrogens with one attached hydrogen (secondary N) is 1. The van der Waals surface area contributed by atoms with Gasteiger partial charge >= 0.3 is 0 Å². The van der Waals surface area contributed by atoms with Crippen LogP contribution in [0.1, 0.15) is 15.2 Å². The molecule has 0 saturated heterocycles. The van der Waals surface area contributed by atoms with Gasteiger partial charge in [0.2, 0.25) is 0 Å². The molecule has 0 fully saturated rings. The molecule has 1 aromatic carbocycles. The third-order valence-corrected chi connectivity index (χ3v) is 3.05. The third kappa shape index (κ3) is 3.23. The van der Waals surface area contributed by atoms with Crippen molar-refractivity contribution in [1.29, 1.82) is 0 Å². The number of carbonyl (C=O) groups is 1. The number of carbonyl (C=O) groups excluding carboxylic acids is 1. The number of nitro benzene ring substituents is 1. The first-order valence-corrected chi connectivity index (χ1v) is 6.17. The van der Waals surface area contributed by atoms with Crippen LogP contribution in [0.5, 0.6) is 0 Å². The van der Waals surface area contributed by atoms with Crippen LogP contribution in [0.3, 0.4) is 0 Å². The summed E-state index contributed by atoms with van der Waals surface area (Å²) in [7, 11) is 0. The Balaban J connectivity index is 2.10. The summed E-state index contributed by atoms with van der Waals surface area (Å²) in [5.74, 6) is -0.611. The van der Waals surface area contributed by atoms with Crippen LogP contribution < -0.4 is 5.43 Å². The number of hydrazone groups is 1. The highest BCUT2D eigenvalue weighted by Gasteiger charge is 2.18. The molecule has 19 heavy (non-hydrogen) atoms. The Hall–Kier alpha value is -2.54. The predicted octanol–water partition coefficient (Wildman–Crippen LogP) is 2.42. The van der Waals surface area contributed by atoms with Crippen molar-refractivity contribution in [3.63, 3.8) is 0 Å². The molecule has 1 amide bonds. The number of nitro groups is 1. The van der Waals surface area contributed by atoms with Crippen LogP contribution >= 0.6 is 11.3 Å². The van der Waals surface area contributed by atoms with Gasteiger partial charge in [-0.05, 0) is 17.5 Å². The second kappa shape index (κ2) is 5.87. The molecule has 0 spiro atoms. The van der Waals surface area contributed by atoms with Crippen molar-refractivity contribution >= 4 is 29.1 Å². The maximum atomic E-state index is 11.8. The van der Waals surface area contributed by atoms with Crippen LogP contribution in [0.25, 0.3) is 0 Å². The van der Waals surface area contributed by atoms with Crippen LogP contribution in [0.15, 0.2) is 46.9 Å². The number of para-hydroxylation sites is 1. The molecule has 0 atom stereocenters. The molecule has 1 heterocycles. The van der Waals surface area contributed by atoms with Crippen LogP contribution in [0.2, 0.25) is 0 Å². The minimum atomic E-state index is -0.611. The first-order valence-electron chi connectivity index (χ1n) is 5.29. The monoisotopic (exact) mass is 275 g/mol. The number of hydrogen-bond donors (Lipinski definition) is 1. The van der Waals surface area contributed by atoms with Crippen LogP contribution in [0.4, 0.5) is 5.69 Å². The zero-order chi connectivity index (χ0) is 13.7. The topological polar surface area (TPSA) is 84.6 Å². The first kappa shape index (κ1) is 12.9. The van der Waals surface area contributed by atoms with E-state index in [1.165, 1.54) is 35.8 Å². The van der Waals surface area contributed by atoms with Crippen LogP contribution in [0, 0.1) is 10.1 Å². The molecule has 0 radical (unpaired) electrons. The molecule has 0 aliphatic carbocycles. The third-order valence-electron chi connectivity index (χ3n) is 2.25. The van der Waals surface area contributed by atoms with Crippen molar-refractivity contribution in [2.75, 3.05) is 0 Å². The van der Waals surface area contributed by atoms with Crippen molar-refractivity contribution < 1.29 is 9.72 Å². The Morgan fingerprint density at radius 2 is 2.11 bits per heavy atom. The molecule has 0 unspecified atom stereocenters. The van der Waals surface area contributed by atoms with E-state index in [0.29, 0.717) is 0 Å². The minimum absolute atomic E-state index is 0.0178. The maximum Gasteiger partial charge on any atom is 0.282 e. The summed E-state index contributed by atoms with van der Waals surface area (Å²) in [4.78, 5) is 22.8. The molecule has 7 heteroatoms. The molecule has 0 aliphatic heterocycles. The summed E-state index contributed by atoms with van der Waals surface area (Å²) in [5, 5.41) is 16.4. The van der Waals surface area contributed by atoms with Crippen LogP contribution in [-0.2, 0) is 0 Å². The van der Waals surface area contributed by atoms with Gasteiger partial charge in [-0.1, -0.05) is 18.2 Å². The number of benzene rings is 1. The lowest BCUT2D eigenvalue weighted by atomic mass is 10.2. The molecule has 2 rings (SSSR count). The van der Waals surface area contributed by atoms with Gasteiger partial charge in [0.15, 0.2) is 0 Å². The van der Waals surface area contributed by atoms with Gasteiger partial charge in [0.05, 0.1) is 11.1 Å². The van der Waals surface area contributed by atoms with E-state index in [1.54, 1.807) is 6.07 Å². The highest BCUT2D eigenvalue weighted by atomic mass is 32.1. The van der Waals surface area contributed by atoms with Crippen molar-refractivity contribution in [3.05, 3.63) is 62.3 Å². The average molecular weight is 275 g/mol. The van der Waals surface area contributed by atoms with Gasteiger partial charge in [0.1, 0.15) is 5.56 Å². The number of rotatable bonds is 4. The number of thiophene rings is 1. The van der Waals surface area contributed by atoms with Gasteiger partial charge in [0, 0.05) is 10.9 Å². The van der Waals surface area contributed by atoms with E-state index in [1.807, 2.05) is 17.5 Å². The van der Waals surface area contributed by atoms with Gasteiger partial charge < -0.3 is 0 Å². The van der Waals surface area contributed by atoms with E-state index < -0.39 is 10.8 Å². The zero-order valence-electron chi connectivity index (χ0n) is 9.65. The summed E-state index contributed by atoms with van der Waals surface area (Å²) in [5.41, 5.74) is 2.00. The molecule has 1 N–H and O–H groups in total. The predicted molar refractivity (Wildman–Crippen MR) is 72.5 cm³/mol. The molecular weight excluding hydrogens is 266 g/mol. The smallest absolute Gasteiger partial charge is 0.267 e. The molecule has 6 nitrogen and oxygen atoms in total. The standard InChI is InChI=1S/C12H9N3O3S/c16-12(14-13-8-9-4-3-7-19-9)10-5-1-2-6-11(10)15(17)18/h1-8H,(H,14,16)/b13-8-. The molecular formula is C12H9N3O3S. The van der Waals surface area contributed by atoms with Gasteiger partial charge in [-0.25, -0.2) is 5.43 Å². The second-order valence-electron chi connectivity index (χ2n) is 3.49. The van der Waals surface area contributed by atoms with Gasteiger partial charge in [-0.15, -0.1) is 11.3 Å². The van der Waals surface area contributed by atoms with E-state index >= 15 is 0 Å². The van der Waals surface area contributed by atoms with E-state index in [2.05, 4.69) is 10.5 Å². The summed E-state index contributed by atoms with van der Waals surface area (Å²) in [6.07, 6.45) is 1.48.